The van der Waals surface area contributed by atoms with Gasteiger partial charge in [-0.1, -0.05) is 43.7 Å². The zero-order chi connectivity index (χ0) is 22.5. The number of carbonyl (C=O) groups is 1. The molecule has 1 aromatic carbocycles. The smallest absolute Gasteiger partial charge is 0.290 e. The number of amides is 1. The largest absolute Gasteiger partial charge is 0.378 e. The molecule has 0 saturated carbocycles. The number of hydrazone groups is 1. The lowest BCUT2D eigenvalue weighted by Gasteiger charge is -2.31. The SMILES string of the molecule is CC(/C=N/NC(=O)C1=C(CN2CCCCC2)N(c2nonc2N)N(C)N1)c1ccccc1. The molecule has 0 radical (unpaired) electrons. The van der Waals surface area contributed by atoms with Gasteiger partial charge in [0, 0.05) is 25.7 Å². The van der Waals surface area contributed by atoms with E-state index in [0.29, 0.717) is 23.8 Å². The van der Waals surface area contributed by atoms with Crippen molar-refractivity contribution in [3.63, 3.8) is 0 Å². The van der Waals surface area contributed by atoms with Crippen LogP contribution in [0.1, 0.15) is 37.7 Å². The highest BCUT2D eigenvalue weighted by Crippen LogP contribution is 2.29. The Balaban J connectivity index is 1.54. The van der Waals surface area contributed by atoms with Crippen LogP contribution in [0, 0.1) is 0 Å². The number of nitrogens with two attached hydrogens (primary N) is 1. The number of hydrogen-bond acceptors (Lipinski definition) is 10. The molecule has 170 valence electrons. The highest BCUT2D eigenvalue weighted by Gasteiger charge is 2.36. The van der Waals surface area contributed by atoms with E-state index >= 15 is 0 Å². The van der Waals surface area contributed by atoms with Crippen molar-refractivity contribution in [1.82, 2.24) is 31.2 Å². The van der Waals surface area contributed by atoms with E-state index in [0.717, 1.165) is 31.5 Å². The molecule has 32 heavy (non-hydrogen) atoms. The summed E-state index contributed by atoms with van der Waals surface area (Å²) < 4.78 is 4.79. The summed E-state index contributed by atoms with van der Waals surface area (Å²) >= 11 is 0. The summed E-state index contributed by atoms with van der Waals surface area (Å²) in [6.45, 7) is 4.51. The number of rotatable bonds is 7. The number of nitrogen functional groups attached to an aromatic ring is 1. The van der Waals surface area contributed by atoms with Crippen LogP contribution >= 0.6 is 0 Å². The summed E-state index contributed by atoms with van der Waals surface area (Å²) in [7, 11) is 1.77. The van der Waals surface area contributed by atoms with E-state index in [4.69, 9.17) is 10.4 Å². The van der Waals surface area contributed by atoms with Gasteiger partial charge in [-0.3, -0.25) is 15.1 Å². The van der Waals surface area contributed by atoms with Gasteiger partial charge in [0.25, 0.3) is 5.91 Å². The summed E-state index contributed by atoms with van der Waals surface area (Å²) in [4.78, 5) is 15.4. The normalized spacial score (nSPS) is 18.9. The predicted molar refractivity (Wildman–Crippen MR) is 121 cm³/mol. The zero-order valence-electron chi connectivity index (χ0n) is 18.4. The Morgan fingerprint density at radius 1 is 1.28 bits per heavy atom. The zero-order valence-corrected chi connectivity index (χ0v) is 18.4. The molecule has 0 spiro atoms. The van der Waals surface area contributed by atoms with Crippen LogP contribution in [-0.4, -0.2) is 59.1 Å². The van der Waals surface area contributed by atoms with Gasteiger partial charge in [0.15, 0.2) is 0 Å². The Morgan fingerprint density at radius 3 is 2.72 bits per heavy atom. The third kappa shape index (κ3) is 4.73. The van der Waals surface area contributed by atoms with Crippen molar-refractivity contribution in [2.75, 3.05) is 37.4 Å². The number of piperidine rings is 1. The second-order valence-electron chi connectivity index (χ2n) is 8.00. The number of likely N-dealkylation sites (tertiary alicyclic amines) is 1. The summed E-state index contributed by atoms with van der Waals surface area (Å²) in [6, 6.07) is 9.98. The van der Waals surface area contributed by atoms with Gasteiger partial charge in [-0.25, -0.2) is 15.1 Å². The number of benzene rings is 1. The fourth-order valence-corrected chi connectivity index (χ4v) is 3.93. The minimum Gasteiger partial charge on any atom is -0.378 e. The van der Waals surface area contributed by atoms with Gasteiger partial charge in [0.1, 0.15) is 5.70 Å². The molecule has 0 aliphatic carbocycles. The Bertz CT molecular complexity index is 982. The van der Waals surface area contributed by atoms with Crippen molar-refractivity contribution in [2.45, 2.75) is 32.1 Å². The number of carbonyl (C=O) groups excluding carboxylic acids is 1. The first-order valence-corrected chi connectivity index (χ1v) is 10.8. The summed E-state index contributed by atoms with van der Waals surface area (Å²) in [5.74, 6) is 0.190. The van der Waals surface area contributed by atoms with Gasteiger partial charge >= 0.3 is 0 Å². The number of anilines is 2. The average Bonchev–Trinajstić information content (AvgIpc) is 3.37. The van der Waals surface area contributed by atoms with Crippen molar-refractivity contribution in [2.24, 2.45) is 5.10 Å². The van der Waals surface area contributed by atoms with Crippen LogP contribution in [0.2, 0.25) is 0 Å². The molecule has 0 bridgehead atoms. The molecule has 2 aliphatic rings. The third-order valence-electron chi connectivity index (χ3n) is 5.65. The van der Waals surface area contributed by atoms with Crippen molar-refractivity contribution in [1.29, 1.82) is 0 Å². The van der Waals surface area contributed by atoms with Crippen molar-refractivity contribution < 1.29 is 9.42 Å². The molecule has 1 saturated heterocycles. The van der Waals surface area contributed by atoms with Crippen molar-refractivity contribution in [3.8, 4) is 0 Å². The molecule has 2 aromatic rings. The van der Waals surface area contributed by atoms with E-state index in [1.54, 1.807) is 23.4 Å². The molecule has 4 N–H and O–H groups in total. The van der Waals surface area contributed by atoms with Gasteiger partial charge < -0.3 is 5.73 Å². The molecular weight excluding hydrogens is 410 g/mol. The number of aromatic nitrogens is 2. The average molecular weight is 440 g/mol. The van der Waals surface area contributed by atoms with E-state index < -0.39 is 0 Å². The topological polar surface area (TPSA) is 128 Å². The molecule has 1 atom stereocenters. The molecule has 1 aromatic heterocycles. The van der Waals surface area contributed by atoms with Crippen LogP contribution in [-0.2, 0) is 4.79 Å². The van der Waals surface area contributed by atoms with E-state index in [1.807, 2.05) is 37.3 Å². The highest BCUT2D eigenvalue weighted by molar-refractivity contribution is 5.95. The molecule has 11 heteroatoms. The number of nitrogens with one attached hydrogen (secondary N) is 2. The summed E-state index contributed by atoms with van der Waals surface area (Å²) in [5, 5.41) is 15.1. The number of hydrazine groups is 2. The Hall–Kier alpha value is -3.44. The molecule has 1 unspecified atom stereocenters. The van der Waals surface area contributed by atoms with Gasteiger partial charge in [-0.05, 0) is 41.8 Å². The van der Waals surface area contributed by atoms with E-state index in [1.165, 1.54) is 6.42 Å². The first-order chi connectivity index (χ1) is 15.5. The number of hydrogen-bond donors (Lipinski definition) is 3. The standard InChI is InChI=1S/C21H29N9O2/c1-15(16-9-5-3-6-10-16)13-23-24-21(31)18-17(14-29-11-7-4-8-12-29)30(28(2)25-18)20-19(22)26-32-27-20/h3,5-6,9-10,13,15,25H,4,7-8,11-12,14H2,1-2H3,(H2,22,26)(H,24,31)/b23-13+. The maximum absolute atomic E-state index is 13.1. The molecule has 1 fully saturated rings. The quantitative estimate of drug-likeness (QED) is 0.433. The highest BCUT2D eigenvalue weighted by atomic mass is 16.6. The molecular formula is C21H29N9O2. The van der Waals surface area contributed by atoms with Crippen molar-refractivity contribution in [3.05, 3.63) is 47.3 Å². The van der Waals surface area contributed by atoms with Crippen LogP contribution in [0.4, 0.5) is 11.6 Å². The predicted octanol–water partition coefficient (Wildman–Crippen LogP) is 1.43. The van der Waals surface area contributed by atoms with Crippen LogP contribution in [0.15, 0.2) is 51.5 Å². The van der Waals surface area contributed by atoms with E-state index in [9.17, 15) is 4.79 Å². The summed E-state index contributed by atoms with van der Waals surface area (Å²) in [6.07, 6.45) is 5.20. The van der Waals surface area contributed by atoms with Crippen LogP contribution < -0.4 is 21.6 Å². The maximum atomic E-state index is 13.1. The Kier molecular flexibility index (Phi) is 6.66. The van der Waals surface area contributed by atoms with Crippen LogP contribution in [0.5, 0.6) is 0 Å². The second kappa shape index (κ2) is 9.79. The molecule has 11 nitrogen and oxygen atoms in total. The van der Waals surface area contributed by atoms with Gasteiger partial charge in [0.2, 0.25) is 11.6 Å². The molecule has 1 amide bonds. The van der Waals surface area contributed by atoms with Crippen molar-refractivity contribution >= 4 is 23.8 Å². The first kappa shape index (κ1) is 21.8. The van der Waals surface area contributed by atoms with Gasteiger partial charge in [-0.2, -0.15) is 5.10 Å². The lowest BCUT2D eigenvalue weighted by molar-refractivity contribution is -0.118. The first-order valence-electron chi connectivity index (χ1n) is 10.8. The lowest BCUT2D eigenvalue weighted by Crippen LogP contribution is -2.43. The Morgan fingerprint density at radius 2 is 2.03 bits per heavy atom. The fraction of sp³-hybridized carbons (Fsp3) is 0.429. The minimum atomic E-state index is -0.349. The molecule has 3 heterocycles. The minimum absolute atomic E-state index is 0.0648. The maximum Gasteiger partial charge on any atom is 0.290 e. The molecule has 2 aliphatic heterocycles. The fourth-order valence-electron chi connectivity index (χ4n) is 3.93. The number of nitrogens with zero attached hydrogens (tertiary/aromatic N) is 6. The lowest BCUT2D eigenvalue weighted by atomic mass is 10.0. The Labute approximate surface area is 186 Å². The summed E-state index contributed by atoms with van der Waals surface area (Å²) in [5.41, 5.74) is 13.9. The van der Waals surface area contributed by atoms with Gasteiger partial charge in [0.05, 0.1) is 5.70 Å². The van der Waals surface area contributed by atoms with Gasteiger partial charge in [-0.15, -0.1) is 5.12 Å². The molecule has 4 rings (SSSR count). The third-order valence-corrected chi connectivity index (χ3v) is 5.65. The van der Waals surface area contributed by atoms with E-state index in [2.05, 4.69) is 31.2 Å². The van der Waals surface area contributed by atoms with Crippen LogP contribution in [0.3, 0.4) is 0 Å². The van der Waals surface area contributed by atoms with E-state index in [-0.39, 0.29) is 17.6 Å². The second-order valence-corrected chi connectivity index (χ2v) is 8.00. The monoisotopic (exact) mass is 439 g/mol. The van der Waals surface area contributed by atoms with Crippen LogP contribution in [0.25, 0.3) is 0 Å².